The van der Waals surface area contributed by atoms with Crippen molar-refractivity contribution in [3.8, 4) is 0 Å². The molecular weight excluding hydrogens is 234 g/mol. The molecule has 1 aliphatic rings. The van der Waals surface area contributed by atoms with E-state index < -0.39 is 0 Å². The fourth-order valence-corrected chi connectivity index (χ4v) is 2.40. The van der Waals surface area contributed by atoms with Crippen LogP contribution in [0.25, 0.3) is 0 Å². The Kier molecular flexibility index (Phi) is 3.76. The maximum atomic E-state index is 11.1. The van der Waals surface area contributed by atoms with Gasteiger partial charge in [-0.05, 0) is 31.7 Å². The molecule has 1 saturated heterocycles. The molecule has 2 heterocycles. The summed E-state index contributed by atoms with van der Waals surface area (Å²) in [6.45, 7) is 3.23. The number of hydrogen-bond donors (Lipinski definition) is 1. The number of aliphatic hydroxyl groups is 1. The van der Waals surface area contributed by atoms with Crippen molar-refractivity contribution in [1.82, 2.24) is 4.98 Å². The predicted octanol–water partition coefficient (Wildman–Crippen LogP) is 1.51. The molecule has 0 saturated carbocycles. The van der Waals surface area contributed by atoms with Crippen LogP contribution in [0.5, 0.6) is 0 Å². The summed E-state index contributed by atoms with van der Waals surface area (Å²) in [6.07, 6.45) is 3.49. The molecule has 1 atom stereocenters. The Morgan fingerprint density at radius 2 is 2.44 bits per heavy atom. The maximum absolute atomic E-state index is 11.1. The number of hydrogen-bond acceptors (Lipinski definition) is 5. The Bertz CT molecular complexity index is 450. The number of piperidine rings is 1. The summed E-state index contributed by atoms with van der Waals surface area (Å²) in [7, 11) is 0. The van der Waals surface area contributed by atoms with E-state index in [1.807, 2.05) is 4.90 Å². The fourth-order valence-electron chi connectivity index (χ4n) is 2.40. The van der Waals surface area contributed by atoms with Crippen LogP contribution in [0.2, 0.25) is 0 Å². The molecule has 1 aromatic rings. The summed E-state index contributed by atoms with van der Waals surface area (Å²) in [6, 6.07) is 1.65. The molecule has 0 amide bonds. The summed E-state index contributed by atoms with van der Waals surface area (Å²) < 4.78 is 0. The molecule has 0 bridgehead atoms. The number of aryl methyl sites for hydroxylation is 1. The monoisotopic (exact) mass is 251 g/mol. The van der Waals surface area contributed by atoms with E-state index in [-0.39, 0.29) is 23.1 Å². The highest BCUT2D eigenvalue weighted by molar-refractivity contribution is 5.61. The first-order chi connectivity index (χ1) is 8.63. The molecule has 98 valence electrons. The minimum atomic E-state index is -0.375. The van der Waals surface area contributed by atoms with Gasteiger partial charge in [0.15, 0.2) is 0 Å². The van der Waals surface area contributed by atoms with Crippen LogP contribution in [0.15, 0.2) is 12.3 Å². The summed E-state index contributed by atoms with van der Waals surface area (Å²) in [5, 5.41) is 20.3. The number of pyridine rings is 1. The van der Waals surface area contributed by atoms with Crippen LogP contribution >= 0.6 is 0 Å². The van der Waals surface area contributed by atoms with Gasteiger partial charge in [0.25, 0.3) is 0 Å². The first kappa shape index (κ1) is 12.8. The number of anilines is 1. The van der Waals surface area contributed by atoms with Crippen molar-refractivity contribution in [1.29, 1.82) is 0 Å². The molecule has 1 aliphatic heterocycles. The highest BCUT2D eigenvalue weighted by Crippen LogP contribution is 2.31. The van der Waals surface area contributed by atoms with E-state index in [2.05, 4.69) is 4.98 Å². The number of aliphatic hydroxyl groups excluding tert-OH is 1. The summed E-state index contributed by atoms with van der Waals surface area (Å²) in [4.78, 5) is 16.8. The molecular formula is C12H17N3O3. The lowest BCUT2D eigenvalue weighted by Gasteiger charge is -2.32. The molecule has 1 N–H and O–H groups in total. The molecule has 1 unspecified atom stereocenters. The van der Waals surface area contributed by atoms with Gasteiger partial charge in [-0.3, -0.25) is 10.1 Å². The van der Waals surface area contributed by atoms with Gasteiger partial charge >= 0.3 is 5.69 Å². The average molecular weight is 251 g/mol. The third-order valence-electron chi connectivity index (χ3n) is 3.37. The van der Waals surface area contributed by atoms with Gasteiger partial charge in [0.1, 0.15) is 0 Å². The fraction of sp³-hybridized carbons (Fsp3) is 0.583. The number of aromatic nitrogens is 1. The van der Waals surface area contributed by atoms with Crippen molar-refractivity contribution in [3.63, 3.8) is 0 Å². The SMILES string of the molecule is Cc1ccnc(N2CCCC(CO)C2)c1[N+](=O)[O-]. The van der Waals surface area contributed by atoms with Crippen molar-refractivity contribution < 1.29 is 10.0 Å². The Morgan fingerprint density at radius 1 is 1.67 bits per heavy atom. The lowest BCUT2D eigenvalue weighted by Crippen LogP contribution is -2.37. The van der Waals surface area contributed by atoms with Gasteiger partial charge in [0.2, 0.25) is 5.82 Å². The first-order valence-electron chi connectivity index (χ1n) is 6.09. The van der Waals surface area contributed by atoms with E-state index in [4.69, 9.17) is 0 Å². The zero-order valence-corrected chi connectivity index (χ0v) is 10.4. The van der Waals surface area contributed by atoms with Crippen LogP contribution < -0.4 is 4.90 Å². The number of rotatable bonds is 3. The molecule has 0 aromatic carbocycles. The zero-order chi connectivity index (χ0) is 13.1. The van der Waals surface area contributed by atoms with Crippen molar-refractivity contribution in [3.05, 3.63) is 27.9 Å². The number of nitrogens with zero attached hydrogens (tertiary/aromatic N) is 3. The molecule has 1 fully saturated rings. The maximum Gasteiger partial charge on any atom is 0.314 e. The van der Waals surface area contributed by atoms with Gasteiger partial charge in [0, 0.05) is 31.5 Å². The molecule has 6 nitrogen and oxygen atoms in total. The quantitative estimate of drug-likeness (QED) is 0.650. The Morgan fingerprint density at radius 3 is 3.11 bits per heavy atom. The predicted molar refractivity (Wildman–Crippen MR) is 67.7 cm³/mol. The van der Waals surface area contributed by atoms with Crippen molar-refractivity contribution in [2.75, 3.05) is 24.6 Å². The normalized spacial score (nSPS) is 19.9. The van der Waals surface area contributed by atoms with E-state index in [1.54, 1.807) is 19.2 Å². The van der Waals surface area contributed by atoms with Gasteiger partial charge in [-0.15, -0.1) is 0 Å². The highest BCUT2D eigenvalue weighted by Gasteiger charge is 2.27. The summed E-state index contributed by atoms with van der Waals surface area (Å²) in [5.74, 6) is 0.610. The van der Waals surface area contributed by atoms with Gasteiger partial charge in [0.05, 0.1) is 4.92 Å². The van der Waals surface area contributed by atoms with E-state index in [1.165, 1.54) is 0 Å². The Hall–Kier alpha value is -1.69. The Balaban J connectivity index is 2.32. The second-order valence-electron chi connectivity index (χ2n) is 4.69. The largest absolute Gasteiger partial charge is 0.396 e. The minimum Gasteiger partial charge on any atom is -0.396 e. The molecule has 0 spiro atoms. The van der Waals surface area contributed by atoms with E-state index >= 15 is 0 Å². The molecule has 18 heavy (non-hydrogen) atoms. The average Bonchev–Trinajstić information content (AvgIpc) is 2.38. The summed E-state index contributed by atoms with van der Waals surface area (Å²) in [5.41, 5.74) is 0.701. The van der Waals surface area contributed by atoms with Crippen LogP contribution in [0.1, 0.15) is 18.4 Å². The van der Waals surface area contributed by atoms with Crippen LogP contribution in [0.3, 0.4) is 0 Å². The lowest BCUT2D eigenvalue weighted by molar-refractivity contribution is -0.384. The standard InChI is InChI=1S/C12H17N3O3/c1-9-4-5-13-12(11(9)15(17)18)14-6-2-3-10(7-14)8-16/h4-5,10,16H,2-3,6-8H2,1H3. The molecule has 2 rings (SSSR count). The van der Waals surface area contributed by atoms with Crippen molar-refractivity contribution in [2.45, 2.75) is 19.8 Å². The summed E-state index contributed by atoms with van der Waals surface area (Å²) >= 11 is 0. The van der Waals surface area contributed by atoms with Crippen LogP contribution in [-0.2, 0) is 0 Å². The Labute approximate surface area is 105 Å². The van der Waals surface area contributed by atoms with Crippen molar-refractivity contribution in [2.24, 2.45) is 5.92 Å². The lowest BCUT2D eigenvalue weighted by atomic mass is 9.99. The molecule has 0 aliphatic carbocycles. The van der Waals surface area contributed by atoms with Crippen molar-refractivity contribution >= 4 is 11.5 Å². The highest BCUT2D eigenvalue weighted by atomic mass is 16.6. The second-order valence-corrected chi connectivity index (χ2v) is 4.69. The third-order valence-corrected chi connectivity index (χ3v) is 3.37. The van der Waals surface area contributed by atoms with E-state index in [9.17, 15) is 15.2 Å². The van der Waals surface area contributed by atoms with Crippen LogP contribution in [0, 0.1) is 23.0 Å². The minimum absolute atomic E-state index is 0.0797. The van der Waals surface area contributed by atoms with Gasteiger partial charge in [-0.2, -0.15) is 0 Å². The third kappa shape index (κ3) is 2.43. The van der Waals surface area contributed by atoms with Crippen LogP contribution in [0.4, 0.5) is 11.5 Å². The number of nitro groups is 1. The molecule has 1 aromatic heterocycles. The smallest absolute Gasteiger partial charge is 0.314 e. The van der Waals surface area contributed by atoms with Gasteiger partial charge in [-0.1, -0.05) is 0 Å². The van der Waals surface area contributed by atoms with E-state index in [0.717, 1.165) is 19.4 Å². The van der Waals surface area contributed by atoms with Gasteiger partial charge < -0.3 is 10.0 Å². The molecule has 6 heteroatoms. The van der Waals surface area contributed by atoms with Gasteiger partial charge in [-0.25, -0.2) is 4.98 Å². The topological polar surface area (TPSA) is 79.5 Å². The first-order valence-corrected chi connectivity index (χ1v) is 6.09. The zero-order valence-electron chi connectivity index (χ0n) is 10.4. The molecule has 0 radical (unpaired) electrons. The van der Waals surface area contributed by atoms with E-state index in [0.29, 0.717) is 17.9 Å². The second kappa shape index (κ2) is 5.30. The van der Waals surface area contributed by atoms with Crippen LogP contribution in [-0.4, -0.2) is 34.7 Å².